The monoisotopic (exact) mass is 764 g/mol. The molecule has 0 amide bonds. The Morgan fingerprint density at radius 3 is 1.29 bits per heavy atom. The van der Waals surface area contributed by atoms with Crippen LogP contribution < -0.4 is 0 Å². The minimum atomic E-state index is -0.544. The number of carbonyl (C=O) groups is 2. The number of rotatable bonds is 22. The van der Waals surface area contributed by atoms with Gasteiger partial charge in [0.25, 0.3) is 13.8 Å². The average Bonchev–Trinajstić information content (AvgIpc) is 3.19. The van der Waals surface area contributed by atoms with Crippen LogP contribution in [-0.2, 0) is 36.6 Å². The van der Waals surface area contributed by atoms with Gasteiger partial charge in [-0.05, 0) is 104 Å². The van der Waals surface area contributed by atoms with Crippen LogP contribution >= 0.6 is 0 Å². The van der Waals surface area contributed by atoms with E-state index in [1.807, 2.05) is 50.2 Å². The van der Waals surface area contributed by atoms with Crippen LogP contribution in [0.25, 0.3) is 22.3 Å². The number of carbonyl (C=O) groups excluding carboxylic acids is 2. The predicted octanol–water partition coefficient (Wildman–Crippen LogP) is 8.42. The van der Waals surface area contributed by atoms with Gasteiger partial charge in [0.05, 0.1) is 38.3 Å². The van der Waals surface area contributed by atoms with Crippen LogP contribution in [0.4, 0.5) is 0 Å². The van der Waals surface area contributed by atoms with Crippen molar-refractivity contribution in [1.82, 2.24) is 0 Å². The van der Waals surface area contributed by atoms with Crippen molar-refractivity contribution in [1.29, 1.82) is 0 Å². The molecule has 4 aromatic rings. The van der Waals surface area contributed by atoms with Gasteiger partial charge in [0, 0.05) is 6.61 Å². The van der Waals surface area contributed by atoms with Gasteiger partial charge in [-0.15, -0.1) is 0 Å². The molecule has 0 aliphatic carbocycles. The van der Waals surface area contributed by atoms with Gasteiger partial charge in [0.1, 0.15) is 0 Å². The largest absolute Gasteiger partial charge is 0.466 e. The zero-order valence-electron chi connectivity index (χ0n) is 34.0. The van der Waals surface area contributed by atoms with Crippen LogP contribution in [0, 0.1) is 23.7 Å². The van der Waals surface area contributed by atoms with Crippen molar-refractivity contribution >= 4 is 25.8 Å². The molecule has 4 rings (SSSR count). The standard InChI is InChI=1S/C24H33BO4.C22H29BO4/c1-4-28-18-23(24(26)29-5-2)16-20(17-25(3)27)15-19-11-13-22(14-12-19)21-9-7-6-8-10-21;1-3-27-22(25)21(16-24)14-18(15-23(2)26)13-17-9-11-20(12-10-17)19-7-5-4-6-8-19/h6-14,20,23,27H,4-5,15-18H2,1-3H3;4-12,18,21,24,26H,3,13-16H2,1-2H3/t20-,23+;18-,21+/m11/s1. The van der Waals surface area contributed by atoms with E-state index >= 15 is 0 Å². The number of hydrogen-bond acceptors (Lipinski definition) is 8. The van der Waals surface area contributed by atoms with E-state index in [2.05, 4.69) is 72.8 Å². The minimum absolute atomic E-state index is 0.0918. The number of benzene rings is 4. The number of aliphatic hydroxyl groups is 1. The predicted molar refractivity (Wildman–Crippen MR) is 228 cm³/mol. The van der Waals surface area contributed by atoms with Crippen LogP contribution in [0.2, 0.25) is 26.3 Å². The van der Waals surface area contributed by atoms with Crippen molar-refractivity contribution in [3.8, 4) is 22.3 Å². The molecule has 0 heterocycles. The fourth-order valence-electron chi connectivity index (χ4n) is 7.15. The van der Waals surface area contributed by atoms with Crippen LogP contribution in [0.3, 0.4) is 0 Å². The van der Waals surface area contributed by atoms with Crippen LogP contribution in [0.15, 0.2) is 109 Å². The summed E-state index contributed by atoms with van der Waals surface area (Å²) in [5.41, 5.74) is 7.06. The Hall–Kier alpha value is -4.21. The molecule has 0 saturated heterocycles. The van der Waals surface area contributed by atoms with Crippen molar-refractivity contribution < 1.29 is 39.0 Å². The molecule has 300 valence electrons. The highest BCUT2D eigenvalue weighted by atomic mass is 16.5. The smallest absolute Gasteiger partial charge is 0.311 e. The second kappa shape index (κ2) is 25.9. The summed E-state index contributed by atoms with van der Waals surface area (Å²) in [6, 6.07) is 37.4. The van der Waals surface area contributed by atoms with E-state index in [9.17, 15) is 24.7 Å². The molecule has 0 spiro atoms. The van der Waals surface area contributed by atoms with Crippen molar-refractivity contribution in [2.24, 2.45) is 23.7 Å². The Balaban J connectivity index is 0.000000301. The van der Waals surface area contributed by atoms with E-state index in [4.69, 9.17) is 14.2 Å². The van der Waals surface area contributed by atoms with E-state index in [0.717, 1.165) is 24.0 Å². The van der Waals surface area contributed by atoms with Gasteiger partial charge >= 0.3 is 11.9 Å². The SMILES string of the molecule is CCOC(=O)[C@H](CO)C[C@H](CB(C)O)Cc1ccc(-c2ccccc2)cc1.CCOC[C@H](C[C@H](CB(C)O)Cc1ccc(-c2ccccc2)cc1)C(=O)OCC. The van der Waals surface area contributed by atoms with E-state index in [1.54, 1.807) is 20.6 Å². The van der Waals surface area contributed by atoms with E-state index < -0.39 is 19.7 Å². The first-order valence-corrected chi connectivity index (χ1v) is 20.2. The Bertz CT molecular complexity index is 1650. The highest BCUT2D eigenvalue weighted by Gasteiger charge is 2.27. The van der Waals surface area contributed by atoms with Gasteiger partial charge in [-0.25, -0.2) is 0 Å². The fraction of sp³-hybridized carbons (Fsp3) is 0.435. The lowest BCUT2D eigenvalue weighted by Crippen LogP contribution is -2.27. The third-order valence-electron chi connectivity index (χ3n) is 9.74. The third kappa shape index (κ3) is 16.9. The second-order valence-electron chi connectivity index (χ2n) is 14.6. The first-order valence-electron chi connectivity index (χ1n) is 20.2. The molecule has 10 heteroatoms. The van der Waals surface area contributed by atoms with Gasteiger partial charge in [-0.1, -0.05) is 123 Å². The number of aliphatic hydroxyl groups excluding tert-OH is 1. The lowest BCUT2D eigenvalue weighted by atomic mass is 9.62. The van der Waals surface area contributed by atoms with Crippen molar-refractivity contribution in [3.63, 3.8) is 0 Å². The molecular formula is C46H62B2O8. The Morgan fingerprint density at radius 1 is 0.554 bits per heavy atom. The quantitative estimate of drug-likeness (QED) is 0.0539. The first-order chi connectivity index (χ1) is 27.1. The van der Waals surface area contributed by atoms with Gasteiger partial charge in [-0.3, -0.25) is 9.59 Å². The molecule has 3 N–H and O–H groups in total. The molecular weight excluding hydrogens is 702 g/mol. The van der Waals surface area contributed by atoms with Crippen molar-refractivity contribution in [2.45, 2.75) is 72.7 Å². The summed E-state index contributed by atoms with van der Waals surface area (Å²) in [4.78, 5) is 24.4. The summed E-state index contributed by atoms with van der Waals surface area (Å²) in [7, 11) is 0. The molecule has 0 aliphatic rings. The van der Waals surface area contributed by atoms with Crippen molar-refractivity contribution in [2.75, 3.05) is 33.0 Å². The molecule has 0 unspecified atom stereocenters. The normalized spacial score (nSPS) is 13.0. The van der Waals surface area contributed by atoms with Gasteiger partial charge in [-0.2, -0.15) is 0 Å². The number of hydrogen-bond donors (Lipinski definition) is 3. The van der Waals surface area contributed by atoms with Gasteiger partial charge < -0.3 is 29.4 Å². The molecule has 8 nitrogen and oxygen atoms in total. The topological polar surface area (TPSA) is 123 Å². The zero-order chi connectivity index (χ0) is 40.7. The van der Waals surface area contributed by atoms with E-state index in [-0.39, 0.29) is 36.3 Å². The van der Waals surface area contributed by atoms with Gasteiger partial charge in [0.15, 0.2) is 0 Å². The molecule has 0 fully saturated rings. The molecule has 4 atom stereocenters. The maximum absolute atomic E-state index is 12.4. The summed E-state index contributed by atoms with van der Waals surface area (Å²) in [6.07, 6.45) is 3.92. The Morgan fingerprint density at radius 2 is 0.929 bits per heavy atom. The molecule has 0 radical (unpaired) electrons. The summed E-state index contributed by atoms with van der Waals surface area (Å²) in [5, 5.41) is 29.4. The second-order valence-corrected chi connectivity index (χ2v) is 14.6. The van der Waals surface area contributed by atoms with E-state index in [0.29, 0.717) is 51.9 Å². The highest BCUT2D eigenvalue weighted by Crippen LogP contribution is 2.28. The minimum Gasteiger partial charge on any atom is -0.466 e. The van der Waals surface area contributed by atoms with Crippen molar-refractivity contribution in [3.05, 3.63) is 120 Å². The average molecular weight is 765 g/mol. The third-order valence-corrected chi connectivity index (χ3v) is 9.74. The Labute approximate surface area is 335 Å². The molecule has 0 aliphatic heterocycles. The highest BCUT2D eigenvalue weighted by molar-refractivity contribution is 6.48. The number of esters is 2. The maximum Gasteiger partial charge on any atom is 0.311 e. The number of ether oxygens (including phenoxy) is 3. The molecule has 4 aromatic carbocycles. The summed E-state index contributed by atoms with van der Waals surface area (Å²) >= 11 is 0. The first kappa shape index (κ1) is 46.2. The van der Waals surface area contributed by atoms with Crippen LogP contribution in [0.5, 0.6) is 0 Å². The summed E-state index contributed by atoms with van der Waals surface area (Å²) in [6.45, 7) is 9.53. The fourth-order valence-corrected chi connectivity index (χ4v) is 7.15. The summed E-state index contributed by atoms with van der Waals surface area (Å²) < 4.78 is 15.8. The van der Waals surface area contributed by atoms with Crippen LogP contribution in [0.1, 0.15) is 44.7 Å². The van der Waals surface area contributed by atoms with E-state index in [1.165, 1.54) is 22.3 Å². The zero-order valence-corrected chi connectivity index (χ0v) is 34.0. The maximum atomic E-state index is 12.4. The van der Waals surface area contributed by atoms with Crippen LogP contribution in [-0.4, -0.2) is 74.0 Å². The molecule has 0 aromatic heterocycles. The molecule has 0 bridgehead atoms. The lowest BCUT2D eigenvalue weighted by Gasteiger charge is -2.23. The summed E-state index contributed by atoms with van der Waals surface area (Å²) in [5.74, 6) is -1.16. The lowest BCUT2D eigenvalue weighted by molar-refractivity contribution is -0.151. The molecule has 0 saturated carbocycles. The van der Waals surface area contributed by atoms with Gasteiger partial charge in [0.2, 0.25) is 0 Å². The molecule has 56 heavy (non-hydrogen) atoms. The Kier molecular flexibility index (Phi) is 21.3.